The van der Waals surface area contributed by atoms with E-state index in [4.69, 9.17) is 55.9 Å². The fraction of sp³-hybridized carbons (Fsp3) is 0.116. The maximum Gasteiger partial charge on any atom is 0.265 e. The second-order valence-corrected chi connectivity index (χ2v) is 14.3. The molecule has 6 nitrogen and oxygen atoms in total. The fourth-order valence-corrected chi connectivity index (χ4v) is 7.65. The maximum atomic E-state index is 13.2. The molecule has 7 rings (SSSR count). The summed E-state index contributed by atoms with van der Waals surface area (Å²) in [5.41, 5.74) is 7.06. The first-order chi connectivity index (χ1) is 25.5. The van der Waals surface area contributed by atoms with E-state index < -0.39 is 17.6 Å². The van der Waals surface area contributed by atoms with Gasteiger partial charge in [-0.3, -0.25) is 9.59 Å². The molecule has 6 aromatic carbocycles. The van der Waals surface area contributed by atoms with Crippen molar-refractivity contribution in [1.29, 1.82) is 0 Å². The van der Waals surface area contributed by atoms with E-state index in [-0.39, 0.29) is 11.8 Å². The van der Waals surface area contributed by atoms with Gasteiger partial charge in [0.15, 0.2) is 12.2 Å². The van der Waals surface area contributed by atoms with Crippen LogP contribution in [0, 0.1) is 0 Å². The van der Waals surface area contributed by atoms with Gasteiger partial charge in [0, 0.05) is 21.4 Å². The van der Waals surface area contributed by atoms with E-state index in [1.165, 1.54) is 0 Å². The summed E-state index contributed by atoms with van der Waals surface area (Å²) in [5, 5.41) is 7.52. The summed E-state index contributed by atoms with van der Waals surface area (Å²) in [6, 6.07) is 42.2. The van der Waals surface area contributed by atoms with Crippen molar-refractivity contribution in [3.05, 3.63) is 176 Å². The van der Waals surface area contributed by atoms with Crippen LogP contribution in [-0.2, 0) is 15.0 Å². The summed E-state index contributed by atoms with van der Waals surface area (Å²) in [5.74, 6) is 0.0732. The number of amides is 2. The van der Waals surface area contributed by atoms with Gasteiger partial charge in [-0.2, -0.15) is 0 Å². The normalized spacial score (nSPS) is 13.6. The van der Waals surface area contributed by atoms with Crippen LogP contribution in [0.15, 0.2) is 133 Å². The molecule has 0 fully saturated rings. The lowest BCUT2D eigenvalue weighted by atomic mass is 9.67. The Labute approximate surface area is 327 Å². The number of rotatable bonds is 10. The molecule has 266 valence electrons. The highest BCUT2D eigenvalue weighted by Gasteiger charge is 2.45. The van der Waals surface area contributed by atoms with E-state index in [0.717, 1.165) is 33.4 Å². The SMILES string of the molecule is CC(Oc1ccc(Cl)cc1Cl)C(=O)Nc1ccc(C2(c3ccc(NC(=O)C(C)Oc4ccc(Cl)cc4Cl)cc3)c3ccccc3-c3ccccc32)cc1. The number of benzene rings is 6. The zero-order valence-corrected chi connectivity index (χ0v) is 31.5. The molecular weight excluding hydrogens is 750 g/mol. The maximum absolute atomic E-state index is 13.2. The molecule has 0 bridgehead atoms. The van der Waals surface area contributed by atoms with Crippen LogP contribution in [0.4, 0.5) is 11.4 Å². The van der Waals surface area contributed by atoms with Crippen molar-refractivity contribution in [2.75, 3.05) is 10.6 Å². The molecule has 0 aromatic heterocycles. The predicted molar refractivity (Wildman–Crippen MR) is 214 cm³/mol. The van der Waals surface area contributed by atoms with E-state index >= 15 is 0 Å². The molecule has 2 amide bonds. The van der Waals surface area contributed by atoms with Gasteiger partial charge < -0.3 is 20.1 Å². The minimum atomic E-state index is -0.822. The molecule has 53 heavy (non-hydrogen) atoms. The number of hydrogen-bond acceptors (Lipinski definition) is 4. The second kappa shape index (κ2) is 15.2. The van der Waals surface area contributed by atoms with E-state index in [1.807, 2.05) is 72.8 Å². The molecule has 2 N–H and O–H groups in total. The molecule has 0 saturated heterocycles. The number of ether oxygens (including phenoxy) is 2. The van der Waals surface area contributed by atoms with E-state index in [1.54, 1.807) is 50.2 Å². The first-order valence-electron chi connectivity index (χ1n) is 16.8. The second-order valence-electron chi connectivity index (χ2n) is 12.6. The number of fused-ring (bicyclic) bond motifs is 3. The lowest BCUT2D eigenvalue weighted by Gasteiger charge is -2.34. The minimum Gasteiger partial charge on any atom is -0.479 e. The van der Waals surface area contributed by atoms with Crippen LogP contribution in [0.5, 0.6) is 11.5 Å². The molecule has 0 saturated carbocycles. The molecule has 2 atom stereocenters. The van der Waals surface area contributed by atoms with Gasteiger partial charge in [0.2, 0.25) is 0 Å². The molecule has 0 spiro atoms. The Morgan fingerprint density at radius 3 is 1.28 bits per heavy atom. The summed E-state index contributed by atoms with van der Waals surface area (Å²) in [7, 11) is 0. The zero-order valence-electron chi connectivity index (χ0n) is 28.5. The Hall–Kier alpha value is -4.98. The van der Waals surface area contributed by atoms with Gasteiger partial charge >= 0.3 is 0 Å². The molecule has 2 unspecified atom stereocenters. The molecule has 0 heterocycles. The molecule has 0 radical (unpaired) electrons. The number of hydrogen-bond donors (Lipinski definition) is 2. The minimum absolute atomic E-state index is 0.322. The van der Waals surface area contributed by atoms with Crippen LogP contribution in [0.1, 0.15) is 36.1 Å². The van der Waals surface area contributed by atoms with Crippen molar-refractivity contribution in [2.24, 2.45) is 0 Å². The number of carbonyl (C=O) groups is 2. The average molecular weight is 783 g/mol. The van der Waals surface area contributed by atoms with E-state index in [0.29, 0.717) is 43.0 Å². The quantitative estimate of drug-likeness (QED) is 0.145. The van der Waals surface area contributed by atoms with Crippen molar-refractivity contribution in [3.8, 4) is 22.6 Å². The fourth-order valence-electron chi connectivity index (χ4n) is 6.75. The summed E-state index contributed by atoms with van der Waals surface area (Å²) in [6.07, 6.45) is -1.64. The van der Waals surface area contributed by atoms with Gasteiger partial charge in [-0.05, 0) is 108 Å². The predicted octanol–water partition coefficient (Wildman–Crippen LogP) is 11.5. The topological polar surface area (TPSA) is 76.7 Å². The summed E-state index contributed by atoms with van der Waals surface area (Å²) in [6.45, 7) is 3.32. The average Bonchev–Trinajstić information content (AvgIpc) is 3.45. The van der Waals surface area contributed by atoms with Gasteiger partial charge in [-0.25, -0.2) is 0 Å². The molecule has 1 aliphatic carbocycles. The summed E-state index contributed by atoms with van der Waals surface area (Å²) in [4.78, 5) is 26.3. The van der Waals surface area contributed by atoms with Gasteiger partial charge in [0.1, 0.15) is 11.5 Å². The molecule has 0 aliphatic heterocycles. The number of halogens is 4. The Kier molecular flexibility index (Phi) is 10.4. The van der Waals surface area contributed by atoms with Gasteiger partial charge in [0.05, 0.1) is 15.5 Å². The van der Waals surface area contributed by atoms with Crippen molar-refractivity contribution in [1.82, 2.24) is 0 Å². The molecule has 10 heteroatoms. The first-order valence-corrected chi connectivity index (χ1v) is 18.3. The number of nitrogens with one attached hydrogen (secondary N) is 2. The van der Waals surface area contributed by atoms with Crippen LogP contribution >= 0.6 is 46.4 Å². The van der Waals surface area contributed by atoms with Crippen molar-refractivity contribution < 1.29 is 19.1 Å². The lowest BCUT2D eigenvalue weighted by molar-refractivity contribution is -0.122. The Bertz CT molecular complexity index is 2170. The standard InChI is InChI=1S/C43H32Cl4N2O4/c1-25(52-39-21-15-29(44)23-37(39)46)41(50)48-31-17-11-27(12-18-31)43(35-9-5-3-7-33(35)34-8-4-6-10-36(34)43)28-13-19-32(20-14-28)49-42(51)26(2)53-40-22-16-30(45)24-38(40)47/h3-26H,1-2H3,(H,48,50)(H,49,51). The van der Waals surface area contributed by atoms with Crippen LogP contribution < -0.4 is 20.1 Å². The highest BCUT2D eigenvalue weighted by atomic mass is 35.5. The third kappa shape index (κ3) is 7.20. The van der Waals surface area contributed by atoms with Gasteiger partial charge in [-0.15, -0.1) is 0 Å². The number of carbonyl (C=O) groups excluding carboxylic acids is 2. The Morgan fingerprint density at radius 1 is 0.528 bits per heavy atom. The van der Waals surface area contributed by atoms with E-state index in [2.05, 4.69) is 34.9 Å². The van der Waals surface area contributed by atoms with Crippen LogP contribution in [0.2, 0.25) is 20.1 Å². The zero-order chi connectivity index (χ0) is 37.3. The van der Waals surface area contributed by atoms with Crippen LogP contribution in [0.3, 0.4) is 0 Å². The van der Waals surface area contributed by atoms with E-state index in [9.17, 15) is 9.59 Å². The number of anilines is 2. The summed E-state index contributed by atoms with van der Waals surface area (Å²) < 4.78 is 11.7. The molecular formula is C43H32Cl4N2O4. The Balaban J connectivity index is 1.17. The molecule has 6 aromatic rings. The van der Waals surface area contributed by atoms with Crippen molar-refractivity contribution >= 4 is 69.6 Å². The summed E-state index contributed by atoms with van der Waals surface area (Å²) >= 11 is 24.5. The van der Waals surface area contributed by atoms with Crippen molar-refractivity contribution in [3.63, 3.8) is 0 Å². The first kappa shape index (κ1) is 36.4. The third-order valence-electron chi connectivity index (χ3n) is 9.26. The molecule has 1 aliphatic rings. The van der Waals surface area contributed by atoms with Crippen LogP contribution in [0.25, 0.3) is 11.1 Å². The van der Waals surface area contributed by atoms with Crippen LogP contribution in [-0.4, -0.2) is 24.0 Å². The van der Waals surface area contributed by atoms with Gasteiger partial charge in [0.25, 0.3) is 11.8 Å². The Morgan fingerprint density at radius 2 is 0.906 bits per heavy atom. The highest BCUT2D eigenvalue weighted by molar-refractivity contribution is 6.36. The highest BCUT2D eigenvalue weighted by Crippen LogP contribution is 2.56. The lowest BCUT2D eigenvalue weighted by Crippen LogP contribution is -2.31. The largest absolute Gasteiger partial charge is 0.479 e. The van der Waals surface area contributed by atoms with Gasteiger partial charge in [-0.1, -0.05) is 119 Å². The monoisotopic (exact) mass is 780 g/mol. The third-order valence-corrected chi connectivity index (χ3v) is 10.3. The van der Waals surface area contributed by atoms with Crippen molar-refractivity contribution in [2.45, 2.75) is 31.5 Å². The smallest absolute Gasteiger partial charge is 0.265 e.